The molecular formula is C14H23N5O. The van der Waals surface area contributed by atoms with Gasteiger partial charge in [0.2, 0.25) is 5.91 Å². The number of hydrogen-bond donors (Lipinski definition) is 3. The molecule has 1 aliphatic heterocycles. The molecule has 2 rings (SSSR count). The highest BCUT2D eigenvalue weighted by Crippen LogP contribution is 2.25. The quantitative estimate of drug-likeness (QED) is 0.759. The molecule has 0 spiro atoms. The van der Waals surface area contributed by atoms with E-state index in [2.05, 4.69) is 20.6 Å². The van der Waals surface area contributed by atoms with Crippen LogP contribution < -0.4 is 16.4 Å². The van der Waals surface area contributed by atoms with Crippen molar-refractivity contribution in [1.29, 1.82) is 0 Å². The summed E-state index contributed by atoms with van der Waals surface area (Å²) in [5.41, 5.74) is 6.57. The lowest BCUT2D eigenvalue weighted by molar-refractivity contribution is -0.123. The maximum atomic E-state index is 11.8. The van der Waals surface area contributed by atoms with Crippen LogP contribution in [-0.2, 0) is 10.2 Å². The predicted molar refractivity (Wildman–Crippen MR) is 79.5 cm³/mol. The number of carbonyl (C=O) groups excluding carboxylic acids is 1. The van der Waals surface area contributed by atoms with Crippen LogP contribution in [0, 0.1) is 6.92 Å². The van der Waals surface area contributed by atoms with Crippen molar-refractivity contribution >= 4 is 17.5 Å². The van der Waals surface area contributed by atoms with E-state index in [1.165, 1.54) is 0 Å². The fourth-order valence-corrected chi connectivity index (χ4v) is 2.08. The molecule has 1 amide bonds. The Morgan fingerprint density at radius 1 is 1.35 bits per heavy atom. The van der Waals surface area contributed by atoms with E-state index >= 15 is 0 Å². The molecule has 6 nitrogen and oxygen atoms in total. The zero-order valence-electron chi connectivity index (χ0n) is 12.6. The minimum atomic E-state index is -0.246. The molecule has 1 aliphatic rings. The number of carbonyl (C=O) groups is 1. The van der Waals surface area contributed by atoms with E-state index in [9.17, 15) is 4.79 Å². The summed E-state index contributed by atoms with van der Waals surface area (Å²) in [4.78, 5) is 20.7. The second-order valence-electron chi connectivity index (χ2n) is 6.29. The molecule has 1 atom stereocenters. The molecule has 6 heteroatoms. The number of hydrogen-bond acceptors (Lipinski definition) is 5. The van der Waals surface area contributed by atoms with Gasteiger partial charge in [-0.05, 0) is 19.8 Å². The van der Waals surface area contributed by atoms with Crippen LogP contribution in [0.4, 0.5) is 11.6 Å². The largest absolute Gasteiger partial charge is 0.383 e. The lowest BCUT2D eigenvalue weighted by Crippen LogP contribution is -2.44. The number of nitrogens with zero attached hydrogens (tertiary/aromatic N) is 2. The van der Waals surface area contributed by atoms with E-state index in [1.807, 2.05) is 27.7 Å². The van der Waals surface area contributed by atoms with Gasteiger partial charge in [0.25, 0.3) is 0 Å². The van der Waals surface area contributed by atoms with Gasteiger partial charge in [0.1, 0.15) is 23.5 Å². The summed E-state index contributed by atoms with van der Waals surface area (Å²) in [6.07, 6.45) is 1.77. The number of rotatable bonds is 2. The standard InChI is InChI=1S/C14H23N5O/c1-8-10(15)18-13(14(2,3)4)19-11(8)17-9-6-5-7-16-12(9)20/h9H,5-7H2,1-4H3,(H,16,20)(H3,15,17,18,19). The first-order valence-corrected chi connectivity index (χ1v) is 6.98. The van der Waals surface area contributed by atoms with Crippen LogP contribution >= 0.6 is 0 Å². The van der Waals surface area contributed by atoms with Gasteiger partial charge < -0.3 is 16.4 Å². The number of nitrogens with one attached hydrogen (secondary N) is 2. The van der Waals surface area contributed by atoms with Crippen LogP contribution in [0.25, 0.3) is 0 Å². The molecule has 0 aliphatic carbocycles. The van der Waals surface area contributed by atoms with E-state index in [-0.39, 0.29) is 17.4 Å². The lowest BCUT2D eigenvalue weighted by Gasteiger charge is -2.25. The number of aromatic nitrogens is 2. The van der Waals surface area contributed by atoms with Crippen LogP contribution in [0.5, 0.6) is 0 Å². The summed E-state index contributed by atoms with van der Waals surface area (Å²) >= 11 is 0. The molecule has 1 aromatic rings. The molecule has 1 saturated heterocycles. The number of nitrogens with two attached hydrogens (primary N) is 1. The van der Waals surface area contributed by atoms with Crippen molar-refractivity contribution < 1.29 is 4.79 Å². The molecule has 20 heavy (non-hydrogen) atoms. The van der Waals surface area contributed by atoms with Crippen molar-refractivity contribution in [2.24, 2.45) is 0 Å². The molecule has 0 saturated carbocycles. The minimum Gasteiger partial charge on any atom is -0.383 e. The second-order valence-corrected chi connectivity index (χ2v) is 6.29. The van der Waals surface area contributed by atoms with Crippen molar-refractivity contribution in [1.82, 2.24) is 15.3 Å². The highest BCUT2D eigenvalue weighted by Gasteiger charge is 2.25. The highest BCUT2D eigenvalue weighted by molar-refractivity contribution is 5.85. The van der Waals surface area contributed by atoms with Crippen LogP contribution in [0.3, 0.4) is 0 Å². The minimum absolute atomic E-state index is 0.0187. The SMILES string of the molecule is Cc1c(N)nc(C(C)(C)C)nc1NC1CCCNC1=O. The maximum absolute atomic E-state index is 11.8. The Morgan fingerprint density at radius 3 is 2.65 bits per heavy atom. The average Bonchev–Trinajstić information content (AvgIpc) is 2.36. The number of nitrogen functional groups attached to an aromatic ring is 1. The maximum Gasteiger partial charge on any atom is 0.242 e. The second kappa shape index (κ2) is 5.26. The van der Waals surface area contributed by atoms with Gasteiger partial charge in [-0.2, -0.15) is 0 Å². The monoisotopic (exact) mass is 277 g/mol. The average molecular weight is 277 g/mol. The van der Waals surface area contributed by atoms with Gasteiger partial charge in [-0.3, -0.25) is 4.79 Å². The Balaban J connectivity index is 2.30. The first-order chi connectivity index (χ1) is 9.29. The van der Waals surface area contributed by atoms with Gasteiger partial charge in [-0.1, -0.05) is 20.8 Å². The van der Waals surface area contributed by atoms with Crippen LogP contribution in [0.15, 0.2) is 0 Å². The zero-order chi connectivity index (χ0) is 14.9. The summed E-state index contributed by atoms with van der Waals surface area (Å²) in [5.74, 6) is 1.82. The predicted octanol–water partition coefficient (Wildman–Crippen LogP) is 1.36. The summed E-state index contributed by atoms with van der Waals surface area (Å²) in [5, 5.41) is 6.06. The van der Waals surface area contributed by atoms with E-state index in [0.29, 0.717) is 17.5 Å². The van der Waals surface area contributed by atoms with Crippen molar-refractivity contribution in [3.05, 3.63) is 11.4 Å². The normalized spacial score (nSPS) is 19.6. The van der Waals surface area contributed by atoms with Gasteiger partial charge in [0.15, 0.2) is 0 Å². The van der Waals surface area contributed by atoms with Crippen molar-refractivity contribution in [2.45, 2.75) is 52.0 Å². The number of piperidine rings is 1. The van der Waals surface area contributed by atoms with Gasteiger partial charge in [-0.25, -0.2) is 9.97 Å². The van der Waals surface area contributed by atoms with Gasteiger partial charge in [-0.15, -0.1) is 0 Å². The molecular weight excluding hydrogens is 254 g/mol. The fourth-order valence-electron chi connectivity index (χ4n) is 2.08. The third kappa shape index (κ3) is 3.00. The number of amides is 1. The van der Waals surface area contributed by atoms with Crippen LogP contribution in [-0.4, -0.2) is 28.5 Å². The van der Waals surface area contributed by atoms with Crippen molar-refractivity contribution in [2.75, 3.05) is 17.6 Å². The fraction of sp³-hybridized carbons (Fsp3) is 0.643. The summed E-state index contributed by atoms with van der Waals surface area (Å²) in [6.45, 7) is 8.72. The highest BCUT2D eigenvalue weighted by atomic mass is 16.2. The Bertz CT molecular complexity index is 521. The summed E-state index contributed by atoms with van der Waals surface area (Å²) < 4.78 is 0. The van der Waals surface area contributed by atoms with E-state index < -0.39 is 0 Å². The Labute approximate surface area is 119 Å². The first kappa shape index (κ1) is 14.6. The van der Waals surface area contributed by atoms with Gasteiger partial charge in [0.05, 0.1) is 0 Å². The van der Waals surface area contributed by atoms with Crippen molar-refractivity contribution in [3.8, 4) is 0 Å². The Hall–Kier alpha value is -1.85. The van der Waals surface area contributed by atoms with Gasteiger partial charge >= 0.3 is 0 Å². The van der Waals surface area contributed by atoms with E-state index in [1.54, 1.807) is 0 Å². The summed E-state index contributed by atoms with van der Waals surface area (Å²) in [6, 6.07) is -0.246. The lowest BCUT2D eigenvalue weighted by atomic mass is 9.95. The molecule has 4 N–H and O–H groups in total. The molecule has 0 aromatic carbocycles. The van der Waals surface area contributed by atoms with E-state index in [0.717, 1.165) is 24.9 Å². The van der Waals surface area contributed by atoms with Gasteiger partial charge in [0, 0.05) is 17.5 Å². The van der Waals surface area contributed by atoms with Crippen molar-refractivity contribution in [3.63, 3.8) is 0 Å². The van der Waals surface area contributed by atoms with E-state index in [4.69, 9.17) is 5.73 Å². The molecule has 1 unspecified atom stereocenters. The Kier molecular flexibility index (Phi) is 3.83. The first-order valence-electron chi connectivity index (χ1n) is 6.98. The molecule has 2 heterocycles. The smallest absolute Gasteiger partial charge is 0.242 e. The van der Waals surface area contributed by atoms with Crippen LogP contribution in [0.2, 0.25) is 0 Å². The molecule has 0 radical (unpaired) electrons. The molecule has 1 aromatic heterocycles. The third-order valence-electron chi connectivity index (χ3n) is 3.45. The number of anilines is 2. The third-order valence-corrected chi connectivity index (χ3v) is 3.45. The van der Waals surface area contributed by atoms with Crippen LogP contribution in [0.1, 0.15) is 45.0 Å². The topological polar surface area (TPSA) is 92.9 Å². The Morgan fingerprint density at radius 2 is 2.05 bits per heavy atom. The molecule has 110 valence electrons. The zero-order valence-corrected chi connectivity index (χ0v) is 12.6. The summed E-state index contributed by atoms with van der Waals surface area (Å²) in [7, 11) is 0. The molecule has 0 bridgehead atoms. The molecule has 1 fully saturated rings.